The summed E-state index contributed by atoms with van der Waals surface area (Å²) in [5.74, 6) is 0.771. The summed E-state index contributed by atoms with van der Waals surface area (Å²) in [4.78, 5) is 0. The van der Waals surface area contributed by atoms with Gasteiger partial charge in [-0.3, -0.25) is 8.99 Å². The number of rotatable bonds is 5. The van der Waals surface area contributed by atoms with Crippen molar-refractivity contribution in [3.05, 3.63) is 30.1 Å². The summed E-state index contributed by atoms with van der Waals surface area (Å²) in [5.41, 5.74) is 0.661. The van der Waals surface area contributed by atoms with E-state index >= 15 is 0 Å². The zero-order valence-electron chi connectivity index (χ0n) is 12.1. The topological polar surface area (TPSA) is 91.9 Å². The molecule has 0 bridgehead atoms. The Labute approximate surface area is 128 Å². The van der Waals surface area contributed by atoms with E-state index in [1.807, 2.05) is 0 Å². The number of hydrogen-bond donors (Lipinski definition) is 2. The van der Waals surface area contributed by atoms with Gasteiger partial charge in [0, 0.05) is 33.3 Å². The van der Waals surface area contributed by atoms with Gasteiger partial charge in [-0.25, -0.2) is 4.39 Å². The number of halogens is 1. The van der Waals surface area contributed by atoms with E-state index < -0.39 is 9.73 Å². The van der Waals surface area contributed by atoms with Crippen LogP contribution in [0.25, 0.3) is 11.5 Å². The Bertz CT molecular complexity index is 751. The summed E-state index contributed by atoms with van der Waals surface area (Å²) < 4.78 is 37.2. The summed E-state index contributed by atoms with van der Waals surface area (Å²) in [5, 5.41) is 11.0. The molecule has 0 amide bonds. The molecule has 1 aliphatic carbocycles. The number of benzene rings is 1. The Kier molecular flexibility index (Phi) is 3.86. The lowest BCUT2D eigenvalue weighted by atomic mass is 9.82. The predicted octanol–water partition coefficient (Wildman–Crippen LogP) is 2.74. The molecule has 1 aliphatic rings. The Balaban J connectivity index is 1.56. The Morgan fingerprint density at radius 2 is 2.05 bits per heavy atom. The lowest BCUT2D eigenvalue weighted by molar-refractivity contribution is 0.307. The molecule has 1 saturated carbocycles. The van der Waals surface area contributed by atoms with E-state index in [2.05, 4.69) is 15.5 Å². The van der Waals surface area contributed by atoms with Crippen LogP contribution in [0.15, 0.2) is 28.7 Å². The first-order valence-electron chi connectivity index (χ1n) is 6.96. The van der Waals surface area contributed by atoms with Gasteiger partial charge in [0.1, 0.15) is 5.82 Å². The number of nitrogens with one attached hydrogen (secondary N) is 2. The molecule has 3 rings (SSSR count). The van der Waals surface area contributed by atoms with Gasteiger partial charge >= 0.3 is 6.01 Å². The normalized spacial score (nSPS) is 23.5. The average Bonchev–Trinajstić information content (AvgIpc) is 2.84. The highest BCUT2D eigenvalue weighted by Gasteiger charge is 2.31. The molecule has 8 heteroatoms. The monoisotopic (exact) mass is 324 g/mol. The van der Waals surface area contributed by atoms with Gasteiger partial charge in [-0.15, -0.1) is 5.10 Å². The number of nitrogens with zero attached hydrogens (tertiary/aromatic N) is 2. The Morgan fingerprint density at radius 1 is 1.36 bits per heavy atom. The number of aromatic nitrogens is 2. The van der Waals surface area contributed by atoms with Crippen molar-refractivity contribution >= 4 is 15.7 Å². The summed E-state index contributed by atoms with van der Waals surface area (Å²) in [7, 11) is -2.43. The van der Waals surface area contributed by atoms with Gasteiger partial charge in [-0.05, 0) is 43.0 Å². The van der Waals surface area contributed by atoms with Crippen molar-refractivity contribution in [3.8, 4) is 11.5 Å². The Hall–Kier alpha value is -1.96. The molecule has 0 radical (unpaired) electrons. The maximum absolute atomic E-state index is 12.9. The minimum absolute atomic E-state index is 0.202. The number of anilines is 1. The third kappa shape index (κ3) is 3.62. The molecular weight excluding hydrogens is 307 g/mol. The zero-order valence-corrected chi connectivity index (χ0v) is 12.9. The molecule has 1 fully saturated rings. The maximum Gasteiger partial charge on any atom is 0.315 e. The average molecular weight is 324 g/mol. The van der Waals surface area contributed by atoms with Crippen LogP contribution in [-0.4, -0.2) is 32.5 Å². The molecule has 0 spiro atoms. The smallest absolute Gasteiger partial charge is 0.315 e. The summed E-state index contributed by atoms with van der Waals surface area (Å²) >= 11 is 0. The van der Waals surface area contributed by atoms with Gasteiger partial charge in [0.25, 0.3) is 0 Å². The maximum atomic E-state index is 12.9. The van der Waals surface area contributed by atoms with Crippen LogP contribution in [0, 0.1) is 16.5 Å². The minimum atomic E-state index is -2.43. The van der Waals surface area contributed by atoms with Crippen LogP contribution >= 0.6 is 0 Å². The molecule has 2 N–H and O–H groups in total. The highest BCUT2D eigenvalue weighted by Crippen LogP contribution is 2.31. The third-order valence-corrected chi connectivity index (χ3v) is 4.74. The van der Waals surface area contributed by atoms with Crippen LogP contribution in [0.3, 0.4) is 0 Å². The van der Waals surface area contributed by atoms with Gasteiger partial charge in [-0.2, -0.15) is 0 Å². The quantitative estimate of drug-likeness (QED) is 0.882. The molecule has 6 nitrogen and oxygen atoms in total. The standard InChI is InChI=1S/C14H17FN4O2S/c1-22(16,20)8-9-6-12(7-9)17-14-19-18-13(21-14)10-2-4-11(15)5-3-10/h2-5,9,12,16H,6-8H2,1H3,(H,17,19). The summed E-state index contributed by atoms with van der Waals surface area (Å²) in [6, 6.07) is 6.37. The van der Waals surface area contributed by atoms with E-state index in [-0.39, 0.29) is 11.9 Å². The van der Waals surface area contributed by atoms with Crippen LogP contribution < -0.4 is 5.32 Å². The molecule has 118 valence electrons. The van der Waals surface area contributed by atoms with Gasteiger partial charge in [0.05, 0.1) is 0 Å². The highest BCUT2D eigenvalue weighted by molar-refractivity contribution is 7.91. The van der Waals surface area contributed by atoms with E-state index in [0.717, 1.165) is 12.8 Å². The molecular formula is C14H17FN4O2S. The first kappa shape index (κ1) is 15.0. The largest absolute Gasteiger partial charge is 0.403 e. The summed E-state index contributed by atoms with van der Waals surface area (Å²) in [6.45, 7) is 0. The molecule has 1 heterocycles. The molecule has 22 heavy (non-hydrogen) atoms. The van der Waals surface area contributed by atoms with Crippen molar-refractivity contribution < 1.29 is 13.0 Å². The summed E-state index contributed by atoms with van der Waals surface area (Å²) in [6.07, 6.45) is 3.16. The van der Waals surface area contributed by atoms with E-state index in [1.54, 1.807) is 12.1 Å². The first-order chi connectivity index (χ1) is 10.4. The van der Waals surface area contributed by atoms with E-state index in [1.165, 1.54) is 18.4 Å². The number of hydrogen-bond acceptors (Lipinski definition) is 6. The van der Waals surface area contributed by atoms with E-state index in [9.17, 15) is 8.60 Å². The molecule has 0 aliphatic heterocycles. The molecule has 0 saturated heterocycles. The second kappa shape index (κ2) is 5.68. The minimum Gasteiger partial charge on any atom is -0.403 e. The molecule has 1 atom stereocenters. The highest BCUT2D eigenvalue weighted by atomic mass is 32.2. The van der Waals surface area contributed by atoms with Crippen LogP contribution in [0.1, 0.15) is 12.8 Å². The fraction of sp³-hybridized carbons (Fsp3) is 0.429. The lowest BCUT2D eigenvalue weighted by Gasteiger charge is -2.35. The molecule has 2 aromatic rings. The van der Waals surface area contributed by atoms with Crippen molar-refractivity contribution in [2.24, 2.45) is 5.92 Å². The van der Waals surface area contributed by atoms with Crippen molar-refractivity contribution in [3.63, 3.8) is 0 Å². The van der Waals surface area contributed by atoms with Crippen molar-refractivity contribution in [1.29, 1.82) is 4.78 Å². The van der Waals surface area contributed by atoms with Crippen molar-refractivity contribution in [1.82, 2.24) is 10.2 Å². The van der Waals surface area contributed by atoms with Crippen molar-refractivity contribution in [2.45, 2.75) is 18.9 Å². The Morgan fingerprint density at radius 3 is 2.68 bits per heavy atom. The SMILES string of the molecule is CS(=N)(=O)CC1CC(Nc2nnc(-c3ccc(F)cc3)o2)C1. The van der Waals surface area contributed by atoms with Crippen LogP contribution in [0.4, 0.5) is 10.4 Å². The molecule has 1 aromatic carbocycles. The van der Waals surface area contributed by atoms with Crippen LogP contribution in [0.2, 0.25) is 0 Å². The van der Waals surface area contributed by atoms with Gasteiger partial charge in [0.2, 0.25) is 5.89 Å². The third-order valence-electron chi connectivity index (χ3n) is 3.63. The first-order valence-corrected chi connectivity index (χ1v) is 9.10. The van der Waals surface area contributed by atoms with Gasteiger partial charge in [-0.1, -0.05) is 5.10 Å². The zero-order chi connectivity index (χ0) is 15.7. The fourth-order valence-electron chi connectivity index (χ4n) is 2.60. The van der Waals surface area contributed by atoms with Crippen LogP contribution in [0.5, 0.6) is 0 Å². The van der Waals surface area contributed by atoms with Gasteiger partial charge in [0.15, 0.2) is 0 Å². The van der Waals surface area contributed by atoms with E-state index in [0.29, 0.717) is 29.1 Å². The fourth-order valence-corrected chi connectivity index (χ4v) is 3.78. The second-order valence-corrected chi connectivity index (χ2v) is 8.11. The predicted molar refractivity (Wildman–Crippen MR) is 81.5 cm³/mol. The molecule has 1 aromatic heterocycles. The lowest BCUT2D eigenvalue weighted by Crippen LogP contribution is -2.38. The second-order valence-electron chi connectivity index (χ2n) is 5.77. The molecule has 1 unspecified atom stereocenters. The van der Waals surface area contributed by atoms with E-state index in [4.69, 9.17) is 9.20 Å². The van der Waals surface area contributed by atoms with Crippen LogP contribution in [-0.2, 0) is 9.73 Å². The van der Waals surface area contributed by atoms with Gasteiger partial charge < -0.3 is 9.73 Å². The van der Waals surface area contributed by atoms with Crippen molar-refractivity contribution in [2.75, 3.05) is 17.3 Å².